The predicted molar refractivity (Wildman–Crippen MR) is 82.1 cm³/mol. The van der Waals surface area contributed by atoms with Crippen LogP contribution >= 0.6 is 0 Å². The zero-order valence-electron chi connectivity index (χ0n) is 13.5. The van der Waals surface area contributed by atoms with Crippen molar-refractivity contribution >= 4 is 0 Å². The van der Waals surface area contributed by atoms with Crippen molar-refractivity contribution in [2.75, 3.05) is 6.61 Å². The van der Waals surface area contributed by atoms with Gasteiger partial charge in [0.2, 0.25) is 5.82 Å². The van der Waals surface area contributed by atoms with Crippen molar-refractivity contribution in [1.29, 1.82) is 0 Å². The predicted octanol–water partition coefficient (Wildman–Crippen LogP) is 6.07. The zero-order chi connectivity index (χ0) is 16.8. The minimum absolute atomic E-state index is 0.00604. The molecule has 1 aliphatic carbocycles. The second kappa shape index (κ2) is 8.55. The van der Waals surface area contributed by atoms with Crippen molar-refractivity contribution in [2.45, 2.75) is 64.2 Å². The van der Waals surface area contributed by atoms with Crippen LogP contribution in [0.3, 0.4) is 0 Å². The van der Waals surface area contributed by atoms with Crippen LogP contribution in [0.1, 0.15) is 63.4 Å². The topological polar surface area (TPSA) is 9.23 Å². The molecule has 0 N–H and O–H groups in total. The lowest BCUT2D eigenvalue weighted by Gasteiger charge is -2.29. The highest BCUT2D eigenvalue weighted by Crippen LogP contribution is 2.40. The molecule has 0 bridgehead atoms. The monoisotopic (exact) mass is 332 g/mol. The first kappa shape index (κ1) is 18.1. The van der Waals surface area contributed by atoms with Crippen molar-refractivity contribution in [3.05, 3.63) is 29.3 Å². The van der Waals surface area contributed by atoms with Gasteiger partial charge in [-0.15, -0.1) is 0 Å². The molecule has 0 spiro atoms. The Morgan fingerprint density at radius 3 is 2.39 bits per heavy atom. The van der Waals surface area contributed by atoms with Gasteiger partial charge in [-0.1, -0.05) is 32.3 Å². The second-order valence-corrected chi connectivity index (χ2v) is 6.34. The molecule has 0 amide bonds. The molecule has 0 aliphatic heterocycles. The van der Waals surface area contributed by atoms with Crippen LogP contribution < -0.4 is 4.74 Å². The molecule has 0 radical (unpaired) electrons. The van der Waals surface area contributed by atoms with Gasteiger partial charge in [0.05, 0.1) is 0 Å². The molecule has 1 aromatic carbocycles. The Morgan fingerprint density at radius 2 is 1.78 bits per heavy atom. The highest BCUT2D eigenvalue weighted by molar-refractivity contribution is 5.33. The van der Waals surface area contributed by atoms with E-state index in [9.17, 15) is 17.6 Å². The maximum Gasteiger partial charge on any atom is 0.272 e. The Hall–Kier alpha value is -1.26. The number of hydrogen-bond donors (Lipinski definition) is 0. The van der Waals surface area contributed by atoms with E-state index in [2.05, 4.69) is 11.7 Å². The first-order valence-electron chi connectivity index (χ1n) is 8.41. The molecule has 0 aromatic heterocycles. The first-order valence-corrected chi connectivity index (χ1v) is 8.41. The fourth-order valence-corrected chi connectivity index (χ4v) is 3.38. The summed E-state index contributed by atoms with van der Waals surface area (Å²) in [6.45, 7) is 1.24. The van der Waals surface area contributed by atoms with Crippen LogP contribution in [0.4, 0.5) is 17.6 Å². The van der Waals surface area contributed by atoms with E-state index in [0.29, 0.717) is 11.5 Å². The van der Waals surface area contributed by atoms with Gasteiger partial charge in [-0.3, -0.25) is 0 Å². The van der Waals surface area contributed by atoms with E-state index >= 15 is 0 Å². The van der Waals surface area contributed by atoms with Gasteiger partial charge in [-0.05, 0) is 49.1 Å². The van der Waals surface area contributed by atoms with Crippen LogP contribution in [-0.2, 0) is 0 Å². The number of halogens is 4. The van der Waals surface area contributed by atoms with Gasteiger partial charge in [-0.25, -0.2) is 13.2 Å². The lowest BCUT2D eigenvalue weighted by molar-refractivity contribution is 0.0794. The number of alkyl halides is 2. The lowest BCUT2D eigenvalue weighted by Crippen LogP contribution is -2.15. The quantitative estimate of drug-likeness (QED) is 0.550. The number of hydrogen-bond acceptors (Lipinski definition) is 1. The molecule has 5 heteroatoms. The van der Waals surface area contributed by atoms with Crippen molar-refractivity contribution in [2.24, 2.45) is 5.92 Å². The van der Waals surface area contributed by atoms with Gasteiger partial charge in [0.15, 0.2) is 11.6 Å². The van der Waals surface area contributed by atoms with E-state index in [1.54, 1.807) is 0 Å². The van der Waals surface area contributed by atoms with Crippen LogP contribution in [-0.4, -0.2) is 13.0 Å². The summed E-state index contributed by atoms with van der Waals surface area (Å²) in [4.78, 5) is 0. The third kappa shape index (κ3) is 4.85. The number of ether oxygens (including phenoxy) is 1. The molecule has 130 valence electrons. The van der Waals surface area contributed by atoms with E-state index in [4.69, 9.17) is 0 Å². The van der Waals surface area contributed by atoms with Crippen molar-refractivity contribution < 1.29 is 22.3 Å². The Morgan fingerprint density at radius 1 is 1.09 bits per heavy atom. The Bertz CT molecular complexity index is 496. The molecule has 0 saturated heterocycles. The maximum absolute atomic E-state index is 14.2. The smallest absolute Gasteiger partial charge is 0.272 e. The molecular weight excluding hydrogens is 308 g/mol. The van der Waals surface area contributed by atoms with Crippen molar-refractivity contribution in [3.8, 4) is 5.75 Å². The first-order chi connectivity index (χ1) is 11.0. The van der Waals surface area contributed by atoms with Crippen LogP contribution in [0.25, 0.3) is 0 Å². The minimum Gasteiger partial charge on any atom is -0.484 e. The number of benzene rings is 1. The highest BCUT2D eigenvalue weighted by Gasteiger charge is 2.26. The second-order valence-electron chi connectivity index (χ2n) is 6.34. The molecule has 1 fully saturated rings. The summed E-state index contributed by atoms with van der Waals surface area (Å²) >= 11 is 0. The van der Waals surface area contributed by atoms with Crippen molar-refractivity contribution in [1.82, 2.24) is 0 Å². The lowest BCUT2D eigenvalue weighted by atomic mass is 9.77. The molecule has 1 saturated carbocycles. The fourth-order valence-electron chi connectivity index (χ4n) is 3.38. The van der Waals surface area contributed by atoms with Crippen LogP contribution in [0.2, 0.25) is 0 Å². The summed E-state index contributed by atoms with van der Waals surface area (Å²) in [7, 11) is 0. The van der Waals surface area contributed by atoms with Gasteiger partial charge in [0.1, 0.15) is 6.61 Å². The van der Waals surface area contributed by atoms with Gasteiger partial charge in [0, 0.05) is 0 Å². The third-order valence-electron chi connectivity index (χ3n) is 4.69. The Kier molecular flexibility index (Phi) is 6.72. The summed E-state index contributed by atoms with van der Waals surface area (Å²) in [6, 6.07) is 2.75. The molecular formula is C18H24F4O. The van der Waals surface area contributed by atoms with E-state index < -0.39 is 30.4 Å². The summed E-state index contributed by atoms with van der Waals surface area (Å²) in [5.41, 5.74) is 0.348. The normalized spacial score (nSPS) is 21.7. The van der Waals surface area contributed by atoms with Crippen LogP contribution in [0.15, 0.2) is 12.1 Å². The van der Waals surface area contributed by atoms with Gasteiger partial charge >= 0.3 is 0 Å². The number of unbranched alkanes of at least 4 members (excludes halogenated alkanes) is 1. The molecule has 1 aliphatic rings. The molecule has 1 nitrogen and oxygen atoms in total. The maximum atomic E-state index is 14.2. The summed E-state index contributed by atoms with van der Waals surface area (Å²) in [6.07, 6.45) is 4.67. The Labute approximate surface area is 135 Å². The third-order valence-corrected chi connectivity index (χ3v) is 4.69. The standard InChI is InChI=1S/C18H24F4O/c1-2-3-4-12-5-7-13(8-6-12)14-9-10-15(18(22)17(14)21)23-11-16(19)20/h9-10,12-13,16H,2-8,11H2,1H3. The molecule has 0 unspecified atom stereocenters. The van der Waals surface area contributed by atoms with Gasteiger partial charge in [0.25, 0.3) is 6.43 Å². The summed E-state index contributed by atoms with van der Waals surface area (Å²) in [5.74, 6) is -1.85. The van der Waals surface area contributed by atoms with Crippen LogP contribution in [0.5, 0.6) is 5.75 Å². The minimum atomic E-state index is -2.71. The molecule has 2 rings (SSSR count). The summed E-state index contributed by atoms with van der Waals surface area (Å²) in [5, 5.41) is 0. The van der Waals surface area contributed by atoms with Crippen LogP contribution in [0, 0.1) is 17.6 Å². The average Bonchev–Trinajstić information content (AvgIpc) is 2.55. The number of rotatable bonds is 7. The van der Waals surface area contributed by atoms with Gasteiger partial charge < -0.3 is 4.74 Å². The molecule has 0 heterocycles. The van der Waals surface area contributed by atoms with Gasteiger partial charge in [-0.2, -0.15) is 4.39 Å². The SMILES string of the molecule is CCCCC1CCC(c2ccc(OCC(F)F)c(F)c2F)CC1. The van der Waals surface area contributed by atoms with E-state index in [1.807, 2.05) is 0 Å². The molecule has 0 atom stereocenters. The van der Waals surface area contributed by atoms with E-state index in [1.165, 1.54) is 31.4 Å². The average molecular weight is 332 g/mol. The Balaban J connectivity index is 2.00. The summed E-state index contributed by atoms with van der Waals surface area (Å²) < 4.78 is 57.0. The van der Waals surface area contributed by atoms with E-state index in [-0.39, 0.29) is 5.92 Å². The zero-order valence-corrected chi connectivity index (χ0v) is 13.5. The highest BCUT2D eigenvalue weighted by atomic mass is 19.3. The fraction of sp³-hybridized carbons (Fsp3) is 0.667. The van der Waals surface area contributed by atoms with Crippen molar-refractivity contribution in [3.63, 3.8) is 0 Å². The van der Waals surface area contributed by atoms with E-state index in [0.717, 1.165) is 25.7 Å². The molecule has 23 heavy (non-hydrogen) atoms. The molecule has 1 aromatic rings. The largest absolute Gasteiger partial charge is 0.484 e.